The Labute approximate surface area is 278 Å². The van der Waals surface area contributed by atoms with Gasteiger partial charge in [-0.3, -0.25) is 18.8 Å². The summed E-state index contributed by atoms with van der Waals surface area (Å²) in [6.07, 6.45) is 4.64. The molecule has 2 aromatic carbocycles. The van der Waals surface area contributed by atoms with E-state index in [0.29, 0.717) is 24.3 Å². The van der Waals surface area contributed by atoms with Gasteiger partial charge in [0.05, 0.1) is 13.2 Å². The molecule has 0 aliphatic carbocycles. The molecule has 0 bridgehead atoms. The van der Waals surface area contributed by atoms with E-state index in [1.165, 1.54) is 0 Å². The molecule has 10 heteroatoms. The molecular formula is C36H60O8P2. The van der Waals surface area contributed by atoms with Gasteiger partial charge in [0.15, 0.2) is 0 Å². The summed E-state index contributed by atoms with van der Waals surface area (Å²) in [6, 6.07) is 11.2. The van der Waals surface area contributed by atoms with Gasteiger partial charge >= 0.3 is 15.6 Å². The average molecular weight is 683 g/mol. The third-order valence-corrected chi connectivity index (χ3v) is 9.52. The summed E-state index contributed by atoms with van der Waals surface area (Å²) in [5.41, 5.74) is 3.04. The number of hydrogen-bond acceptors (Lipinski definition) is 6. The van der Waals surface area contributed by atoms with Gasteiger partial charge in [0, 0.05) is 11.1 Å². The summed E-state index contributed by atoms with van der Waals surface area (Å²) < 4.78 is 47.4. The standard InChI is InChI=1S/C36H60O8P2/c1-33(2,3)27-21-19-23-29(31(27)35(7,8)9)43-45(37,38)41-25-17-15-13-14-16-18-26-42-46(39,40)44-30-24-20-22-28(34(4,5)6)32(30)36(10,11)12/h19-24H,13-18,25-26H2,1-12H3,(H,37,38)(H,39,40). The molecule has 0 fully saturated rings. The fraction of sp³-hybridized carbons (Fsp3) is 0.667. The van der Waals surface area contributed by atoms with Crippen LogP contribution in [0, 0.1) is 0 Å². The first-order valence-corrected chi connectivity index (χ1v) is 19.5. The van der Waals surface area contributed by atoms with E-state index in [4.69, 9.17) is 18.1 Å². The predicted molar refractivity (Wildman–Crippen MR) is 188 cm³/mol. The van der Waals surface area contributed by atoms with Gasteiger partial charge in [-0.1, -0.05) is 133 Å². The van der Waals surface area contributed by atoms with E-state index in [2.05, 4.69) is 83.1 Å². The van der Waals surface area contributed by atoms with Crippen LogP contribution in [-0.2, 0) is 39.8 Å². The second-order valence-corrected chi connectivity index (χ2v) is 19.0. The molecule has 2 aromatic rings. The molecular weight excluding hydrogens is 622 g/mol. The minimum atomic E-state index is -4.30. The predicted octanol–water partition coefficient (Wildman–Crippen LogP) is 10.9. The maximum absolute atomic E-state index is 12.8. The Morgan fingerprint density at radius 3 is 1.09 bits per heavy atom. The molecule has 2 atom stereocenters. The summed E-state index contributed by atoms with van der Waals surface area (Å²) in [6.45, 7) is 25.2. The van der Waals surface area contributed by atoms with Gasteiger partial charge in [-0.2, -0.15) is 0 Å². The van der Waals surface area contributed by atoms with Crippen LogP contribution in [0.1, 0.15) is 144 Å². The number of phosphoric acid groups is 2. The second kappa shape index (κ2) is 15.7. The van der Waals surface area contributed by atoms with Crippen molar-refractivity contribution >= 4 is 15.6 Å². The summed E-state index contributed by atoms with van der Waals surface area (Å²) in [5.74, 6) is 0.748. The Balaban J connectivity index is 1.77. The summed E-state index contributed by atoms with van der Waals surface area (Å²) in [5, 5.41) is 0. The van der Waals surface area contributed by atoms with Crippen molar-refractivity contribution in [2.45, 2.75) is 143 Å². The smallest absolute Gasteiger partial charge is 0.404 e. The Hall–Kier alpha value is -1.66. The molecule has 262 valence electrons. The van der Waals surface area contributed by atoms with Gasteiger partial charge in [-0.05, 0) is 57.8 Å². The fourth-order valence-electron chi connectivity index (χ4n) is 5.58. The number of rotatable bonds is 15. The van der Waals surface area contributed by atoms with Crippen LogP contribution >= 0.6 is 15.6 Å². The molecule has 0 aliphatic rings. The van der Waals surface area contributed by atoms with E-state index >= 15 is 0 Å². The van der Waals surface area contributed by atoms with Gasteiger partial charge in [0.25, 0.3) is 0 Å². The summed E-state index contributed by atoms with van der Waals surface area (Å²) >= 11 is 0. The van der Waals surface area contributed by atoms with Crippen LogP contribution in [0.3, 0.4) is 0 Å². The molecule has 0 saturated carbocycles. The van der Waals surface area contributed by atoms with Crippen LogP contribution in [0.4, 0.5) is 0 Å². The van der Waals surface area contributed by atoms with Crippen LogP contribution in [0.2, 0.25) is 0 Å². The number of unbranched alkanes of at least 4 members (excludes halogenated alkanes) is 5. The fourth-order valence-corrected chi connectivity index (χ4v) is 7.21. The monoisotopic (exact) mass is 682 g/mol. The van der Waals surface area contributed by atoms with Crippen molar-refractivity contribution in [1.82, 2.24) is 0 Å². The Kier molecular flexibility index (Phi) is 13.8. The Morgan fingerprint density at radius 1 is 0.500 bits per heavy atom. The van der Waals surface area contributed by atoms with Crippen molar-refractivity contribution in [1.29, 1.82) is 0 Å². The molecule has 0 spiro atoms. The van der Waals surface area contributed by atoms with Crippen molar-refractivity contribution in [2.75, 3.05) is 13.2 Å². The van der Waals surface area contributed by atoms with E-state index in [1.54, 1.807) is 12.1 Å². The lowest BCUT2D eigenvalue weighted by molar-refractivity contribution is 0.194. The van der Waals surface area contributed by atoms with Crippen LogP contribution in [0.5, 0.6) is 11.5 Å². The van der Waals surface area contributed by atoms with E-state index in [-0.39, 0.29) is 34.9 Å². The first kappa shape index (κ1) is 40.5. The Morgan fingerprint density at radius 2 is 0.804 bits per heavy atom. The van der Waals surface area contributed by atoms with Gasteiger partial charge in [-0.15, -0.1) is 0 Å². The molecule has 0 saturated heterocycles. The van der Waals surface area contributed by atoms with Gasteiger partial charge in [0.1, 0.15) is 11.5 Å². The zero-order valence-electron chi connectivity index (χ0n) is 30.4. The second-order valence-electron chi connectivity index (χ2n) is 16.3. The quantitative estimate of drug-likeness (QED) is 0.141. The molecule has 0 amide bonds. The van der Waals surface area contributed by atoms with Crippen molar-refractivity contribution < 1.29 is 37.0 Å². The van der Waals surface area contributed by atoms with Gasteiger partial charge in [0.2, 0.25) is 0 Å². The largest absolute Gasteiger partial charge is 0.527 e. The first-order valence-electron chi connectivity index (χ1n) is 16.5. The molecule has 8 nitrogen and oxygen atoms in total. The Bertz CT molecular complexity index is 1270. The highest BCUT2D eigenvalue weighted by molar-refractivity contribution is 7.48. The van der Waals surface area contributed by atoms with Gasteiger partial charge < -0.3 is 9.05 Å². The summed E-state index contributed by atoms with van der Waals surface area (Å²) in [7, 11) is -8.59. The average Bonchev–Trinajstić information content (AvgIpc) is 2.86. The zero-order valence-corrected chi connectivity index (χ0v) is 32.1. The molecule has 0 radical (unpaired) electrons. The number of benzene rings is 2. The van der Waals surface area contributed by atoms with Gasteiger partial charge in [-0.25, -0.2) is 9.13 Å². The third-order valence-electron chi connectivity index (χ3n) is 7.64. The molecule has 0 aromatic heterocycles. The topological polar surface area (TPSA) is 112 Å². The lowest BCUT2D eigenvalue weighted by Crippen LogP contribution is -2.23. The van der Waals surface area contributed by atoms with E-state index < -0.39 is 15.6 Å². The van der Waals surface area contributed by atoms with Crippen molar-refractivity contribution in [3.05, 3.63) is 58.7 Å². The van der Waals surface area contributed by atoms with Crippen LogP contribution < -0.4 is 9.05 Å². The molecule has 0 heterocycles. The minimum Gasteiger partial charge on any atom is -0.404 e. The van der Waals surface area contributed by atoms with E-state index in [1.807, 2.05) is 24.3 Å². The van der Waals surface area contributed by atoms with Crippen molar-refractivity contribution in [3.8, 4) is 11.5 Å². The lowest BCUT2D eigenvalue weighted by Gasteiger charge is -2.32. The maximum Gasteiger partial charge on any atom is 0.527 e. The lowest BCUT2D eigenvalue weighted by atomic mass is 9.75. The van der Waals surface area contributed by atoms with E-state index in [0.717, 1.165) is 47.9 Å². The molecule has 2 rings (SSSR count). The SMILES string of the molecule is CC(C)(C)c1cccc(OP(=O)(O)OCCCCCCCCOP(=O)(O)Oc2cccc(C(C)(C)C)c2C(C)(C)C)c1C(C)(C)C. The first-order chi connectivity index (χ1) is 20.9. The van der Waals surface area contributed by atoms with Crippen LogP contribution in [0.15, 0.2) is 36.4 Å². The maximum atomic E-state index is 12.8. The number of phosphoric ester groups is 2. The number of hydrogen-bond donors (Lipinski definition) is 2. The summed E-state index contributed by atoms with van der Waals surface area (Å²) in [4.78, 5) is 20.9. The van der Waals surface area contributed by atoms with E-state index in [9.17, 15) is 18.9 Å². The third kappa shape index (κ3) is 12.7. The zero-order chi connectivity index (χ0) is 35.2. The highest BCUT2D eigenvalue weighted by atomic mass is 31.2. The molecule has 2 unspecified atom stereocenters. The highest BCUT2D eigenvalue weighted by Gasteiger charge is 2.33. The van der Waals surface area contributed by atoms with Crippen molar-refractivity contribution in [2.24, 2.45) is 0 Å². The molecule has 0 aliphatic heterocycles. The van der Waals surface area contributed by atoms with Crippen LogP contribution in [0.25, 0.3) is 0 Å². The molecule has 46 heavy (non-hydrogen) atoms. The van der Waals surface area contributed by atoms with Crippen LogP contribution in [-0.4, -0.2) is 23.0 Å². The van der Waals surface area contributed by atoms with Crippen molar-refractivity contribution in [3.63, 3.8) is 0 Å². The minimum absolute atomic E-state index is 0.110. The normalized spacial score (nSPS) is 15.7. The highest BCUT2D eigenvalue weighted by Crippen LogP contribution is 2.50. The molecule has 2 N–H and O–H groups in total.